The summed E-state index contributed by atoms with van der Waals surface area (Å²) in [6, 6.07) is 2.58. The zero-order valence-electron chi connectivity index (χ0n) is 10.0. The molecule has 19 heavy (non-hydrogen) atoms. The van der Waals surface area contributed by atoms with E-state index in [4.69, 9.17) is 11.6 Å². The van der Waals surface area contributed by atoms with Crippen LogP contribution in [-0.4, -0.2) is 15.8 Å². The molecule has 0 aromatic carbocycles. The largest absolute Gasteiger partial charge is 0.311 e. The average Bonchev–Trinajstić information content (AvgIpc) is 2.83. The monoisotopic (exact) mass is 281 g/mol. The molecule has 100 valence electrons. The van der Waals surface area contributed by atoms with Gasteiger partial charge in [0.15, 0.2) is 0 Å². The molecule has 2 saturated carbocycles. The number of fused-ring (bicyclic) bond motifs is 1. The van der Waals surface area contributed by atoms with Crippen LogP contribution < -0.4 is 5.32 Å². The smallest absolute Gasteiger partial charge is 0.305 e. The number of aromatic nitrogens is 1. The third kappa shape index (κ3) is 2.16. The fourth-order valence-electron chi connectivity index (χ4n) is 3.08. The van der Waals surface area contributed by atoms with E-state index in [0.717, 1.165) is 12.8 Å². The summed E-state index contributed by atoms with van der Waals surface area (Å²) in [6.07, 6.45) is 3.33. The molecule has 0 spiro atoms. The van der Waals surface area contributed by atoms with Gasteiger partial charge >= 0.3 is 5.69 Å². The zero-order valence-corrected chi connectivity index (χ0v) is 10.8. The second-order valence-electron chi connectivity index (χ2n) is 5.03. The van der Waals surface area contributed by atoms with E-state index < -0.39 is 4.92 Å². The molecule has 0 radical (unpaired) electrons. The molecule has 6 nitrogen and oxygen atoms in total. The Bertz CT molecular complexity index is 553. The summed E-state index contributed by atoms with van der Waals surface area (Å²) < 4.78 is 0. The molecule has 2 atom stereocenters. The van der Waals surface area contributed by atoms with Gasteiger partial charge in [-0.15, -0.1) is 0 Å². The number of pyridine rings is 1. The van der Waals surface area contributed by atoms with E-state index in [0.29, 0.717) is 11.8 Å². The van der Waals surface area contributed by atoms with E-state index in [1.807, 2.05) is 0 Å². The predicted octanol–water partition coefficient (Wildman–Crippen LogP) is 2.63. The first-order valence-corrected chi connectivity index (χ1v) is 6.57. The first-order chi connectivity index (χ1) is 9.08. The van der Waals surface area contributed by atoms with Gasteiger partial charge in [0.1, 0.15) is 5.15 Å². The molecule has 2 fully saturated rings. The standard InChI is InChI=1S/C12H12ClN3O3/c13-9-5-4-8(16(18)19)11(14-9)15-12(17)10-6-2-1-3-7(6)10/h4-7,10H,1-3H2,(H,14,15,17). The van der Waals surface area contributed by atoms with Crippen molar-refractivity contribution in [3.63, 3.8) is 0 Å². The Hall–Kier alpha value is -1.69. The molecule has 1 heterocycles. The number of hydrogen-bond donors (Lipinski definition) is 1. The van der Waals surface area contributed by atoms with Crippen molar-refractivity contribution in [2.75, 3.05) is 5.32 Å². The Kier molecular flexibility index (Phi) is 2.89. The maximum absolute atomic E-state index is 12.1. The van der Waals surface area contributed by atoms with Crippen LogP contribution in [0.3, 0.4) is 0 Å². The van der Waals surface area contributed by atoms with E-state index in [1.165, 1.54) is 18.6 Å². The van der Waals surface area contributed by atoms with Crippen LogP contribution in [0, 0.1) is 27.9 Å². The number of carbonyl (C=O) groups is 1. The van der Waals surface area contributed by atoms with Crippen molar-refractivity contribution >= 4 is 29.0 Å². The molecule has 0 saturated heterocycles. The van der Waals surface area contributed by atoms with Crippen LogP contribution in [0.5, 0.6) is 0 Å². The molecule has 7 heteroatoms. The summed E-state index contributed by atoms with van der Waals surface area (Å²) in [5.74, 6) is 0.672. The summed E-state index contributed by atoms with van der Waals surface area (Å²) >= 11 is 5.71. The number of nitrogens with zero attached hydrogens (tertiary/aromatic N) is 2. The number of rotatable bonds is 3. The molecule has 1 aromatic rings. The molecular weight excluding hydrogens is 270 g/mol. The highest BCUT2D eigenvalue weighted by Crippen LogP contribution is 2.57. The van der Waals surface area contributed by atoms with E-state index in [9.17, 15) is 14.9 Å². The molecule has 0 bridgehead atoms. The fraction of sp³-hybridized carbons (Fsp3) is 0.500. The lowest BCUT2D eigenvalue weighted by Gasteiger charge is -2.06. The van der Waals surface area contributed by atoms with Crippen LogP contribution in [0.25, 0.3) is 0 Å². The Morgan fingerprint density at radius 1 is 1.42 bits per heavy atom. The van der Waals surface area contributed by atoms with Gasteiger partial charge in [-0.2, -0.15) is 0 Å². The quantitative estimate of drug-likeness (QED) is 0.524. The lowest BCUT2D eigenvalue weighted by Crippen LogP contribution is -2.18. The van der Waals surface area contributed by atoms with Gasteiger partial charge in [-0.05, 0) is 30.7 Å². The van der Waals surface area contributed by atoms with E-state index in [-0.39, 0.29) is 28.5 Å². The highest BCUT2D eigenvalue weighted by Gasteiger charge is 2.56. The van der Waals surface area contributed by atoms with Crippen molar-refractivity contribution in [3.05, 3.63) is 27.4 Å². The van der Waals surface area contributed by atoms with Crippen molar-refractivity contribution in [2.45, 2.75) is 19.3 Å². The van der Waals surface area contributed by atoms with E-state index in [2.05, 4.69) is 10.3 Å². The van der Waals surface area contributed by atoms with Crippen molar-refractivity contribution in [2.24, 2.45) is 17.8 Å². The third-order valence-corrected chi connectivity index (χ3v) is 4.20. The molecule has 1 N–H and O–H groups in total. The lowest BCUT2D eigenvalue weighted by molar-refractivity contribution is -0.384. The highest BCUT2D eigenvalue weighted by molar-refractivity contribution is 6.29. The number of nitro groups is 1. The summed E-state index contributed by atoms with van der Waals surface area (Å²) in [5, 5.41) is 13.5. The Balaban J connectivity index is 1.77. The van der Waals surface area contributed by atoms with Gasteiger partial charge in [0.2, 0.25) is 11.7 Å². The minimum Gasteiger partial charge on any atom is -0.305 e. The van der Waals surface area contributed by atoms with Crippen LogP contribution in [0.15, 0.2) is 12.1 Å². The second kappa shape index (κ2) is 4.45. The topological polar surface area (TPSA) is 85.1 Å². The number of anilines is 1. The number of hydrogen-bond acceptors (Lipinski definition) is 4. The van der Waals surface area contributed by atoms with Crippen molar-refractivity contribution in [3.8, 4) is 0 Å². The van der Waals surface area contributed by atoms with Crippen molar-refractivity contribution < 1.29 is 9.72 Å². The summed E-state index contributed by atoms with van der Waals surface area (Å²) in [6.45, 7) is 0. The first-order valence-electron chi connectivity index (χ1n) is 6.19. The van der Waals surface area contributed by atoms with Gasteiger partial charge in [-0.3, -0.25) is 14.9 Å². The predicted molar refractivity (Wildman–Crippen MR) is 68.9 cm³/mol. The summed E-state index contributed by atoms with van der Waals surface area (Å²) in [5.41, 5.74) is -0.233. The van der Waals surface area contributed by atoms with Gasteiger partial charge in [-0.1, -0.05) is 18.0 Å². The summed E-state index contributed by atoms with van der Waals surface area (Å²) in [4.78, 5) is 26.2. The maximum atomic E-state index is 12.1. The highest BCUT2D eigenvalue weighted by atomic mass is 35.5. The van der Waals surface area contributed by atoms with Crippen LogP contribution in [0.2, 0.25) is 5.15 Å². The van der Waals surface area contributed by atoms with Crippen LogP contribution in [-0.2, 0) is 4.79 Å². The Morgan fingerprint density at radius 3 is 2.74 bits per heavy atom. The van der Waals surface area contributed by atoms with Crippen molar-refractivity contribution in [1.29, 1.82) is 0 Å². The van der Waals surface area contributed by atoms with Gasteiger partial charge < -0.3 is 5.32 Å². The maximum Gasteiger partial charge on any atom is 0.311 e. The second-order valence-corrected chi connectivity index (χ2v) is 5.42. The van der Waals surface area contributed by atoms with Gasteiger partial charge in [0, 0.05) is 12.0 Å². The zero-order chi connectivity index (χ0) is 13.6. The van der Waals surface area contributed by atoms with Crippen molar-refractivity contribution in [1.82, 2.24) is 4.98 Å². The average molecular weight is 282 g/mol. The normalized spacial score (nSPS) is 27.7. The Morgan fingerprint density at radius 2 is 2.11 bits per heavy atom. The van der Waals surface area contributed by atoms with Gasteiger partial charge in [0.25, 0.3) is 0 Å². The van der Waals surface area contributed by atoms with E-state index >= 15 is 0 Å². The molecule has 2 aliphatic rings. The summed E-state index contributed by atoms with van der Waals surface area (Å²) in [7, 11) is 0. The fourth-order valence-corrected chi connectivity index (χ4v) is 3.23. The Labute approximate surface area is 114 Å². The number of halogens is 1. The lowest BCUT2D eigenvalue weighted by atomic mass is 10.1. The SMILES string of the molecule is O=C(Nc1nc(Cl)ccc1[N+](=O)[O-])C1C2CCCC21. The third-order valence-electron chi connectivity index (χ3n) is 3.99. The minimum absolute atomic E-state index is 0.00543. The van der Waals surface area contributed by atoms with Crippen LogP contribution in [0.4, 0.5) is 11.5 Å². The minimum atomic E-state index is -0.577. The molecule has 2 unspecified atom stereocenters. The molecule has 1 amide bonds. The molecule has 2 aliphatic carbocycles. The van der Waals surface area contributed by atoms with Gasteiger partial charge in [-0.25, -0.2) is 4.98 Å². The molecule has 0 aliphatic heterocycles. The molecule has 3 rings (SSSR count). The number of amides is 1. The number of carbonyl (C=O) groups excluding carboxylic acids is 1. The van der Waals surface area contributed by atoms with Crippen LogP contribution >= 0.6 is 11.6 Å². The van der Waals surface area contributed by atoms with Crippen LogP contribution in [0.1, 0.15) is 19.3 Å². The molecule has 1 aromatic heterocycles. The number of nitrogens with one attached hydrogen (secondary N) is 1. The van der Waals surface area contributed by atoms with E-state index in [1.54, 1.807) is 0 Å². The first kappa shape index (κ1) is 12.3. The molecular formula is C12H12ClN3O3. The van der Waals surface area contributed by atoms with Gasteiger partial charge in [0.05, 0.1) is 4.92 Å².